The molecule has 2 aromatic heterocycles. The number of aryl methyl sites for hydroxylation is 1. The Kier molecular flexibility index (Phi) is 7.31. The van der Waals surface area contributed by atoms with Crippen LogP contribution in [0.1, 0.15) is 27.3 Å². The van der Waals surface area contributed by atoms with Crippen molar-refractivity contribution < 1.29 is 27.5 Å². The number of carbonyl (C=O) groups is 2. The van der Waals surface area contributed by atoms with Crippen LogP contribution in [0.15, 0.2) is 48.8 Å². The van der Waals surface area contributed by atoms with Gasteiger partial charge in [0.2, 0.25) is 0 Å². The first-order valence-electron chi connectivity index (χ1n) is 11.0. The van der Waals surface area contributed by atoms with E-state index in [2.05, 4.69) is 32.0 Å². The third-order valence-corrected chi connectivity index (χ3v) is 5.59. The highest BCUT2D eigenvalue weighted by atomic mass is 19.4. The van der Waals surface area contributed by atoms with E-state index in [0.29, 0.717) is 50.0 Å². The van der Waals surface area contributed by atoms with Crippen LogP contribution in [0.5, 0.6) is 0 Å². The van der Waals surface area contributed by atoms with Gasteiger partial charge < -0.3 is 15.0 Å². The third kappa shape index (κ3) is 5.70. The lowest BCUT2D eigenvalue weighted by atomic mass is 10.00. The van der Waals surface area contributed by atoms with Crippen molar-refractivity contribution in [2.45, 2.75) is 13.1 Å². The Morgan fingerprint density at radius 2 is 1.92 bits per heavy atom. The SMILES string of the molecule is Cc1ccc(NC(=O)c2ccnc(C(F)(F)F)c2)cc1-c1cnc(C#CC=O)c(N2CCOCC2)c1. The number of ether oxygens (including phenoxy) is 1. The van der Waals surface area contributed by atoms with Crippen molar-refractivity contribution in [1.29, 1.82) is 0 Å². The molecule has 0 saturated carbocycles. The van der Waals surface area contributed by atoms with Crippen LogP contribution in [0.25, 0.3) is 11.1 Å². The van der Waals surface area contributed by atoms with Crippen molar-refractivity contribution in [2.24, 2.45) is 0 Å². The number of aromatic nitrogens is 2. The summed E-state index contributed by atoms with van der Waals surface area (Å²) in [5.74, 6) is 4.48. The lowest BCUT2D eigenvalue weighted by molar-refractivity contribution is -0.141. The lowest BCUT2D eigenvalue weighted by Gasteiger charge is -2.29. The number of aldehydes is 1. The van der Waals surface area contributed by atoms with Gasteiger partial charge in [0.15, 0.2) is 6.29 Å². The predicted molar refractivity (Wildman–Crippen MR) is 128 cm³/mol. The minimum Gasteiger partial charge on any atom is -0.378 e. The maximum absolute atomic E-state index is 13.0. The molecular formula is C26H21F3N4O3. The molecule has 4 rings (SSSR count). The highest BCUT2D eigenvalue weighted by Gasteiger charge is 2.33. The number of morpholine rings is 1. The van der Waals surface area contributed by atoms with Gasteiger partial charge in [-0.1, -0.05) is 6.07 Å². The van der Waals surface area contributed by atoms with Gasteiger partial charge in [-0.15, -0.1) is 0 Å². The molecule has 7 nitrogen and oxygen atoms in total. The van der Waals surface area contributed by atoms with Gasteiger partial charge in [0.1, 0.15) is 11.4 Å². The number of rotatable bonds is 4. The smallest absolute Gasteiger partial charge is 0.378 e. The molecule has 0 bridgehead atoms. The molecule has 1 aromatic carbocycles. The van der Waals surface area contributed by atoms with E-state index in [-0.39, 0.29) is 5.56 Å². The topological polar surface area (TPSA) is 84.4 Å². The molecule has 184 valence electrons. The van der Waals surface area contributed by atoms with Crippen molar-refractivity contribution >= 4 is 23.6 Å². The summed E-state index contributed by atoms with van der Waals surface area (Å²) in [6, 6.07) is 9.05. The maximum Gasteiger partial charge on any atom is 0.433 e. The van der Waals surface area contributed by atoms with Gasteiger partial charge in [-0.05, 0) is 60.2 Å². The van der Waals surface area contributed by atoms with Gasteiger partial charge in [0.25, 0.3) is 5.91 Å². The lowest BCUT2D eigenvalue weighted by Crippen LogP contribution is -2.36. The highest BCUT2D eigenvalue weighted by Crippen LogP contribution is 2.32. The van der Waals surface area contributed by atoms with E-state index >= 15 is 0 Å². The molecule has 0 aliphatic carbocycles. The summed E-state index contributed by atoms with van der Waals surface area (Å²) in [5, 5.41) is 2.65. The number of pyridine rings is 2. The first kappa shape index (κ1) is 24.9. The summed E-state index contributed by atoms with van der Waals surface area (Å²) in [6.45, 7) is 4.28. The first-order valence-corrected chi connectivity index (χ1v) is 11.0. The van der Waals surface area contributed by atoms with E-state index in [0.717, 1.165) is 28.6 Å². The third-order valence-electron chi connectivity index (χ3n) is 5.59. The van der Waals surface area contributed by atoms with E-state index in [4.69, 9.17) is 4.74 Å². The fourth-order valence-electron chi connectivity index (χ4n) is 3.78. The Labute approximate surface area is 205 Å². The second kappa shape index (κ2) is 10.6. The Balaban J connectivity index is 1.65. The molecule has 0 spiro atoms. The summed E-state index contributed by atoms with van der Waals surface area (Å²) in [4.78, 5) is 33.2. The van der Waals surface area contributed by atoms with E-state index < -0.39 is 17.8 Å². The Hall–Kier alpha value is -4.23. The summed E-state index contributed by atoms with van der Waals surface area (Å²) in [5.41, 5.74) is 2.76. The number of halogens is 3. The van der Waals surface area contributed by atoms with E-state index in [1.807, 2.05) is 13.0 Å². The molecular weight excluding hydrogens is 473 g/mol. The molecule has 10 heteroatoms. The molecule has 1 aliphatic rings. The van der Waals surface area contributed by atoms with Crippen LogP contribution in [-0.4, -0.2) is 48.5 Å². The second-order valence-electron chi connectivity index (χ2n) is 7.99. The Morgan fingerprint density at radius 3 is 2.64 bits per heavy atom. The fourth-order valence-corrected chi connectivity index (χ4v) is 3.78. The number of amides is 1. The molecule has 3 aromatic rings. The van der Waals surface area contributed by atoms with Crippen LogP contribution >= 0.6 is 0 Å². The van der Waals surface area contributed by atoms with E-state index in [9.17, 15) is 22.8 Å². The number of hydrogen-bond donors (Lipinski definition) is 1. The maximum atomic E-state index is 13.0. The van der Waals surface area contributed by atoms with Gasteiger partial charge >= 0.3 is 6.18 Å². The highest BCUT2D eigenvalue weighted by molar-refractivity contribution is 6.04. The average Bonchev–Trinajstić information content (AvgIpc) is 2.88. The van der Waals surface area contributed by atoms with Crippen LogP contribution in [0.3, 0.4) is 0 Å². The van der Waals surface area contributed by atoms with Gasteiger partial charge in [-0.2, -0.15) is 13.2 Å². The normalized spacial score (nSPS) is 13.5. The summed E-state index contributed by atoms with van der Waals surface area (Å²) >= 11 is 0. The summed E-state index contributed by atoms with van der Waals surface area (Å²) in [6.07, 6.45) is -1.56. The van der Waals surface area contributed by atoms with Gasteiger partial charge in [0, 0.05) is 42.3 Å². The first-order chi connectivity index (χ1) is 17.3. The molecule has 36 heavy (non-hydrogen) atoms. The predicted octanol–water partition coefficient (Wildman–Crippen LogP) is 4.11. The number of anilines is 2. The molecule has 0 radical (unpaired) electrons. The summed E-state index contributed by atoms with van der Waals surface area (Å²) < 4.78 is 44.3. The zero-order chi connectivity index (χ0) is 25.7. The van der Waals surface area contributed by atoms with Crippen LogP contribution in [0.2, 0.25) is 0 Å². The fraction of sp³-hybridized carbons (Fsp3) is 0.231. The minimum atomic E-state index is -4.65. The van der Waals surface area contributed by atoms with E-state index in [1.54, 1.807) is 24.4 Å². The zero-order valence-corrected chi connectivity index (χ0v) is 19.2. The number of hydrogen-bond acceptors (Lipinski definition) is 6. The largest absolute Gasteiger partial charge is 0.433 e. The number of benzene rings is 1. The molecule has 1 amide bonds. The molecule has 0 atom stereocenters. The van der Waals surface area contributed by atoms with Gasteiger partial charge in [-0.25, -0.2) is 4.98 Å². The van der Waals surface area contributed by atoms with Gasteiger partial charge in [0.05, 0.1) is 18.9 Å². The second-order valence-corrected chi connectivity index (χ2v) is 7.99. The van der Waals surface area contributed by atoms with Crippen molar-refractivity contribution in [2.75, 3.05) is 36.5 Å². The number of carbonyl (C=O) groups excluding carboxylic acids is 2. The zero-order valence-electron chi connectivity index (χ0n) is 19.2. The van der Waals surface area contributed by atoms with Crippen molar-refractivity contribution in [3.05, 3.63) is 71.3 Å². The number of nitrogens with zero attached hydrogens (tertiary/aromatic N) is 3. The van der Waals surface area contributed by atoms with E-state index in [1.165, 1.54) is 6.07 Å². The number of nitrogens with one attached hydrogen (secondary N) is 1. The Bertz CT molecular complexity index is 1360. The van der Waals surface area contributed by atoms with Crippen LogP contribution in [-0.2, 0) is 15.7 Å². The van der Waals surface area contributed by atoms with Crippen LogP contribution in [0, 0.1) is 18.8 Å². The molecule has 1 fully saturated rings. The Morgan fingerprint density at radius 1 is 1.14 bits per heavy atom. The van der Waals surface area contributed by atoms with Gasteiger partial charge in [-0.3, -0.25) is 14.6 Å². The molecule has 1 saturated heterocycles. The monoisotopic (exact) mass is 494 g/mol. The van der Waals surface area contributed by atoms with Crippen molar-refractivity contribution in [1.82, 2.24) is 9.97 Å². The van der Waals surface area contributed by atoms with Crippen molar-refractivity contribution in [3.63, 3.8) is 0 Å². The molecule has 1 aliphatic heterocycles. The quantitative estimate of drug-likeness (QED) is 0.434. The number of alkyl halides is 3. The van der Waals surface area contributed by atoms with Crippen LogP contribution in [0.4, 0.5) is 24.5 Å². The molecule has 0 unspecified atom stereocenters. The van der Waals surface area contributed by atoms with Crippen LogP contribution < -0.4 is 10.2 Å². The average molecular weight is 494 g/mol. The molecule has 3 heterocycles. The molecule has 1 N–H and O–H groups in total. The van der Waals surface area contributed by atoms with Crippen molar-refractivity contribution in [3.8, 4) is 23.0 Å². The standard InChI is InChI=1S/C26H21F3N4O3/c1-17-4-5-20(32-25(35)18-6-7-30-24(14-18)26(27,28)29)15-21(17)19-13-23(33-8-11-36-12-9-33)22(31-16-19)3-2-10-34/h4-7,10,13-16H,8-9,11-12H2,1H3,(H,32,35). The minimum absolute atomic E-state index is 0.158. The summed E-state index contributed by atoms with van der Waals surface area (Å²) in [7, 11) is 0.